The average molecular weight is 247 g/mol. The second kappa shape index (κ2) is 5.02. The van der Waals surface area contributed by atoms with Crippen molar-refractivity contribution in [3.63, 3.8) is 0 Å². The van der Waals surface area contributed by atoms with Crippen molar-refractivity contribution in [1.82, 2.24) is 4.98 Å². The predicted molar refractivity (Wildman–Crippen MR) is 75.9 cm³/mol. The van der Waals surface area contributed by atoms with Gasteiger partial charge in [-0.3, -0.25) is 4.98 Å². The minimum atomic E-state index is 1.17. The summed E-state index contributed by atoms with van der Waals surface area (Å²) in [5.74, 6) is 0. The lowest BCUT2D eigenvalue weighted by Gasteiger charge is -2.04. The summed E-state index contributed by atoms with van der Waals surface area (Å²) < 4.78 is 2.11. The smallest absolute Gasteiger partial charge is 0.210 e. The molecule has 1 aromatic carbocycles. The minimum absolute atomic E-state index is 1.17. The Bertz CT molecular complexity index is 673. The molecule has 0 aliphatic heterocycles. The lowest BCUT2D eigenvalue weighted by molar-refractivity contribution is -0.595. The summed E-state index contributed by atoms with van der Waals surface area (Å²) in [7, 11) is 0. The van der Waals surface area contributed by atoms with E-state index in [9.17, 15) is 0 Å². The highest BCUT2D eigenvalue weighted by Gasteiger charge is 2.06. The second-order valence-electron chi connectivity index (χ2n) is 4.52. The van der Waals surface area contributed by atoms with Crippen LogP contribution in [0.4, 0.5) is 0 Å². The van der Waals surface area contributed by atoms with Crippen LogP contribution in [0.5, 0.6) is 0 Å². The highest BCUT2D eigenvalue weighted by Crippen LogP contribution is 2.20. The molecule has 0 saturated carbocycles. The van der Waals surface area contributed by atoms with Gasteiger partial charge in [-0.05, 0) is 29.7 Å². The van der Waals surface area contributed by atoms with Crippen LogP contribution in [-0.4, -0.2) is 4.98 Å². The van der Waals surface area contributed by atoms with Crippen molar-refractivity contribution in [1.29, 1.82) is 0 Å². The molecule has 2 nitrogen and oxygen atoms in total. The molecular formula is C17H15N2+. The lowest BCUT2D eigenvalue weighted by atomic mass is 10.0. The van der Waals surface area contributed by atoms with Crippen LogP contribution < -0.4 is 4.57 Å². The number of aryl methyl sites for hydroxylation is 1. The minimum Gasteiger partial charge on any atom is -0.264 e. The summed E-state index contributed by atoms with van der Waals surface area (Å²) >= 11 is 0. The zero-order valence-electron chi connectivity index (χ0n) is 10.8. The molecule has 0 saturated heterocycles. The van der Waals surface area contributed by atoms with E-state index in [1.807, 2.05) is 30.6 Å². The fourth-order valence-corrected chi connectivity index (χ4v) is 2.18. The standard InChI is InChI=1S/C17H15N2/c1-14-13-18-10-7-17(14)15-8-11-19(12-9-15)16-5-3-2-4-6-16/h2-13H,1H3/q+1. The van der Waals surface area contributed by atoms with E-state index in [0.29, 0.717) is 0 Å². The van der Waals surface area contributed by atoms with Gasteiger partial charge in [0.25, 0.3) is 0 Å². The van der Waals surface area contributed by atoms with Crippen molar-refractivity contribution in [2.24, 2.45) is 0 Å². The van der Waals surface area contributed by atoms with Crippen molar-refractivity contribution in [3.8, 4) is 16.8 Å². The van der Waals surface area contributed by atoms with E-state index in [0.717, 1.165) is 0 Å². The second-order valence-corrected chi connectivity index (χ2v) is 4.52. The van der Waals surface area contributed by atoms with Crippen molar-refractivity contribution < 1.29 is 4.57 Å². The van der Waals surface area contributed by atoms with E-state index < -0.39 is 0 Å². The number of para-hydroxylation sites is 1. The van der Waals surface area contributed by atoms with Gasteiger partial charge in [0.2, 0.25) is 5.69 Å². The summed E-state index contributed by atoms with van der Waals surface area (Å²) in [4.78, 5) is 4.13. The molecule has 0 N–H and O–H groups in total. The molecule has 19 heavy (non-hydrogen) atoms. The number of benzene rings is 1. The van der Waals surface area contributed by atoms with Gasteiger partial charge in [-0.15, -0.1) is 0 Å². The number of pyridine rings is 2. The molecule has 0 atom stereocenters. The van der Waals surface area contributed by atoms with E-state index in [1.54, 1.807) is 0 Å². The van der Waals surface area contributed by atoms with Crippen LogP contribution in [0.1, 0.15) is 5.56 Å². The first-order valence-corrected chi connectivity index (χ1v) is 6.32. The van der Waals surface area contributed by atoms with Crippen molar-refractivity contribution in [3.05, 3.63) is 78.9 Å². The van der Waals surface area contributed by atoms with E-state index in [4.69, 9.17) is 0 Å². The first-order chi connectivity index (χ1) is 9.34. The summed E-state index contributed by atoms with van der Waals surface area (Å²) in [6.07, 6.45) is 7.91. The molecule has 0 amide bonds. The molecule has 0 aliphatic carbocycles. The summed E-state index contributed by atoms with van der Waals surface area (Å²) in [5.41, 5.74) is 4.81. The van der Waals surface area contributed by atoms with Gasteiger partial charge >= 0.3 is 0 Å². The quantitative estimate of drug-likeness (QED) is 0.635. The molecule has 0 unspecified atom stereocenters. The summed E-state index contributed by atoms with van der Waals surface area (Å²) in [6, 6.07) is 16.6. The Kier molecular flexibility index (Phi) is 3.07. The zero-order valence-corrected chi connectivity index (χ0v) is 10.8. The van der Waals surface area contributed by atoms with Crippen LogP contribution in [0.3, 0.4) is 0 Å². The van der Waals surface area contributed by atoms with Gasteiger partial charge in [0.05, 0.1) is 0 Å². The molecule has 0 radical (unpaired) electrons. The molecule has 3 rings (SSSR count). The number of nitrogens with zero attached hydrogens (tertiary/aromatic N) is 2. The van der Waals surface area contributed by atoms with Gasteiger partial charge in [0, 0.05) is 36.7 Å². The molecule has 0 spiro atoms. The Morgan fingerprint density at radius 3 is 2.32 bits per heavy atom. The number of hydrogen-bond donors (Lipinski definition) is 0. The fraction of sp³-hybridized carbons (Fsp3) is 0.0588. The van der Waals surface area contributed by atoms with Crippen LogP contribution in [-0.2, 0) is 0 Å². The number of rotatable bonds is 2. The third-order valence-corrected chi connectivity index (χ3v) is 3.22. The Morgan fingerprint density at radius 2 is 1.63 bits per heavy atom. The molecule has 2 heterocycles. The number of hydrogen-bond acceptors (Lipinski definition) is 1. The van der Waals surface area contributed by atoms with Gasteiger partial charge in [0.1, 0.15) is 0 Å². The monoisotopic (exact) mass is 247 g/mol. The first-order valence-electron chi connectivity index (χ1n) is 6.32. The van der Waals surface area contributed by atoms with E-state index in [2.05, 4.69) is 59.2 Å². The Morgan fingerprint density at radius 1 is 0.895 bits per heavy atom. The van der Waals surface area contributed by atoms with Crippen LogP contribution in [0.25, 0.3) is 16.8 Å². The summed E-state index contributed by atoms with van der Waals surface area (Å²) in [6.45, 7) is 2.08. The molecular weight excluding hydrogens is 232 g/mol. The SMILES string of the molecule is Cc1cnccc1-c1cc[n+](-c2ccccc2)cc1. The molecule has 0 bridgehead atoms. The molecule has 0 fully saturated rings. The van der Waals surface area contributed by atoms with Gasteiger partial charge in [-0.1, -0.05) is 18.2 Å². The summed E-state index contributed by atoms with van der Waals surface area (Å²) in [5, 5.41) is 0. The highest BCUT2D eigenvalue weighted by atomic mass is 14.9. The number of aromatic nitrogens is 2. The molecule has 3 aromatic rings. The highest BCUT2D eigenvalue weighted by molar-refractivity contribution is 5.65. The van der Waals surface area contributed by atoms with Gasteiger partial charge < -0.3 is 0 Å². The van der Waals surface area contributed by atoms with Crippen molar-refractivity contribution in [2.75, 3.05) is 0 Å². The normalized spacial score (nSPS) is 10.4. The lowest BCUT2D eigenvalue weighted by Crippen LogP contribution is -2.28. The maximum atomic E-state index is 4.13. The molecule has 0 aliphatic rings. The van der Waals surface area contributed by atoms with Crippen LogP contribution in [0.2, 0.25) is 0 Å². The average Bonchev–Trinajstić information content (AvgIpc) is 2.49. The first kappa shape index (κ1) is 11.6. The largest absolute Gasteiger partial charge is 0.264 e. The maximum absolute atomic E-state index is 4.13. The molecule has 92 valence electrons. The zero-order chi connectivity index (χ0) is 13.1. The third kappa shape index (κ3) is 2.38. The van der Waals surface area contributed by atoms with Gasteiger partial charge in [-0.25, -0.2) is 0 Å². The maximum Gasteiger partial charge on any atom is 0.210 e. The predicted octanol–water partition coefficient (Wildman–Crippen LogP) is 3.33. The van der Waals surface area contributed by atoms with E-state index in [1.165, 1.54) is 22.4 Å². The van der Waals surface area contributed by atoms with Crippen LogP contribution in [0.15, 0.2) is 73.3 Å². The van der Waals surface area contributed by atoms with E-state index in [-0.39, 0.29) is 0 Å². The van der Waals surface area contributed by atoms with E-state index >= 15 is 0 Å². The fourth-order valence-electron chi connectivity index (χ4n) is 2.18. The third-order valence-electron chi connectivity index (χ3n) is 3.22. The molecule has 2 heteroatoms. The Hall–Kier alpha value is -2.48. The van der Waals surface area contributed by atoms with Crippen LogP contribution in [0, 0.1) is 6.92 Å². The van der Waals surface area contributed by atoms with Gasteiger partial charge in [0.15, 0.2) is 12.4 Å². The Balaban J connectivity index is 1.98. The van der Waals surface area contributed by atoms with Crippen molar-refractivity contribution >= 4 is 0 Å². The molecule has 2 aromatic heterocycles. The van der Waals surface area contributed by atoms with Crippen LogP contribution >= 0.6 is 0 Å². The van der Waals surface area contributed by atoms with Gasteiger partial charge in [-0.2, -0.15) is 4.57 Å². The van der Waals surface area contributed by atoms with Crippen molar-refractivity contribution in [2.45, 2.75) is 6.92 Å². The Labute approximate surface area is 113 Å². The topological polar surface area (TPSA) is 16.8 Å².